The molecule has 1 saturated heterocycles. The minimum Gasteiger partial charge on any atom is -0.477 e. The van der Waals surface area contributed by atoms with Gasteiger partial charge in [0, 0.05) is 19.7 Å². The maximum atomic E-state index is 12.5. The Bertz CT molecular complexity index is 607. The molecule has 1 aliphatic heterocycles. The lowest BCUT2D eigenvalue weighted by molar-refractivity contribution is 0.0701. The van der Waals surface area contributed by atoms with Crippen LogP contribution in [0.4, 0.5) is 0 Å². The Balaban J connectivity index is 2.30. The van der Waals surface area contributed by atoms with E-state index in [0.29, 0.717) is 18.5 Å². The number of piperidine rings is 1. The number of thiophene rings is 1. The van der Waals surface area contributed by atoms with Crippen LogP contribution in [0, 0.1) is 12.8 Å². The van der Waals surface area contributed by atoms with Crippen LogP contribution < -0.4 is 0 Å². The third-order valence-corrected chi connectivity index (χ3v) is 6.96. The van der Waals surface area contributed by atoms with Crippen molar-refractivity contribution < 1.29 is 23.4 Å². The van der Waals surface area contributed by atoms with Gasteiger partial charge in [-0.2, -0.15) is 4.31 Å². The summed E-state index contributed by atoms with van der Waals surface area (Å²) < 4.78 is 26.4. The van der Waals surface area contributed by atoms with Gasteiger partial charge >= 0.3 is 5.97 Å². The van der Waals surface area contributed by atoms with Gasteiger partial charge in [-0.1, -0.05) is 0 Å². The second-order valence-corrected chi connectivity index (χ2v) is 8.15. The summed E-state index contributed by atoms with van der Waals surface area (Å²) in [5.41, 5.74) is 0.455. The number of aliphatic hydroxyl groups excluding tert-OH is 1. The highest BCUT2D eigenvalue weighted by atomic mass is 32.2. The predicted octanol–water partition coefficient (Wildman–Crippen LogP) is 1.15. The molecule has 1 aliphatic rings. The van der Waals surface area contributed by atoms with Crippen LogP contribution in [0.5, 0.6) is 0 Å². The molecule has 1 aromatic heterocycles. The summed E-state index contributed by atoms with van der Waals surface area (Å²) in [4.78, 5) is 11.1. The first-order chi connectivity index (χ1) is 9.36. The van der Waals surface area contributed by atoms with Gasteiger partial charge in [-0.15, -0.1) is 11.3 Å². The molecule has 0 saturated carbocycles. The molecule has 0 aromatic carbocycles. The molecule has 1 unspecified atom stereocenters. The number of carboxylic acids is 1. The van der Waals surface area contributed by atoms with E-state index in [2.05, 4.69) is 0 Å². The van der Waals surface area contributed by atoms with E-state index in [1.807, 2.05) is 0 Å². The molecule has 0 radical (unpaired) electrons. The first-order valence-electron chi connectivity index (χ1n) is 6.31. The standard InChI is InChI=1S/C12H17NO5S2/c1-8-5-10(19-11(8)12(15)16)20(17,18)13-4-2-3-9(6-13)7-14/h5,9,14H,2-4,6-7H2,1H3,(H,15,16). The molecule has 0 amide bonds. The molecule has 20 heavy (non-hydrogen) atoms. The van der Waals surface area contributed by atoms with Crippen molar-refractivity contribution in [3.8, 4) is 0 Å². The lowest BCUT2D eigenvalue weighted by atomic mass is 10.0. The van der Waals surface area contributed by atoms with Gasteiger partial charge in [-0.05, 0) is 37.3 Å². The van der Waals surface area contributed by atoms with Crippen molar-refractivity contribution in [3.63, 3.8) is 0 Å². The van der Waals surface area contributed by atoms with E-state index < -0.39 is 16.0 Å². The smallest absolute Gasteiger partial charge is 0.346 e. The molecule has 6 nitrogen and oxygen atoms in total. The zero-order valence-corrected chi connectivity index (χ0v) is 12.7. The molecule has 1 aromatic rings. The summed E-state index contributed by atoms with van der Waals surface area (Å²) in [7, 11) is -3.66. The zero-order chi connectivity index (χ0) is 14.9. The SMILES string of the molecule is Cc1cc(S(=O)(=O)N2CCCC(CO)C2)sc1C(=O)O. The van der Waals surface area contributed by atoms with Crippen LogP contribution in [-0.4, -0.2) is 48.6 Å². The fourth-order valence-corrected chi connectivity index (χ4v) is 5.40. The third-order valence-electron chi connectivity index (χ3n) is 3.42. The number of rotatable bonds is 4. The second-order valence-electron chi connectivity index (χ2n) is 4.94. The number of hydrogen-bond acceptors (Lipinski definition) is 5. The maximum Gasteiger partial charge on any atom is 0.346 e. The number of hydrogen-bond donors (Lipinski definition) is 2. The molecular weight excluding hydrogens is 302 g/mol. The highest BCUT2D eigenvalue weighted by Gasteiger charge is 2.32. The van der Waals surface area contributed by atoms with Crippen molar-refractivity contribution in [2.75, 3.05) is 19.7 Å². The Hall–Kier alpha value is -0.960. The number of carboxylic acid groups (broad SMARTS) is 1. The fourth-order valence-electron chi connectivity index (χ4n) is 2.31. The highest BCUT2D eigenvalue weighted by Crippen LogP contribution is 2.30. The van der Waals surface area contributed by atoms with Crippen molar-refractivity contribution in [2.45, 2.75) is 24.0 Å². The molecule has 0 aliphatic carbocycles. The second kappa shape index (κ2) is 5.80. The first-order valence-corrected chi connectivity index (χ1v) is 8.56. The van der Waals surface area contributed by atoms with Crippen molar-refractivity contribution in [3.05, 3.63) is 16.5 Å². The Labute approximate surface area is 121 Å². The number of nitrogens with zero attached hydrogens (tertiary/aromatic N) is 1. The van der Waals surface area contributed by atoms with Crippen molar-refractivity contribution in [1.82, 2.24) is 4.31 Å². The average Bonchev–Trinajstić information content (AvgIpc) is 2.82. The van der Waals surface area contributed by atoms with E-state index in [1.165, 1.54) is 10.4 Å². The summed E-state index contributed by atoms with van der Waals surface area (Å²) in [5.74, 6) is -1.15. The summed E-state index contributed by atoms with van der Waals surface area (Å²) in [6, 6.07) is 1.41. The van der Waals surface area contributed by atoms with Crippen LogP contribution in [0.15, 0.2) is 10.3 Å². The first kappa shape index (κ1) is 15.4. The molecule has 2 rings (SSSR count). The van der Waals surface area contributed by atoms with Crippen molar-refractivity contribution in [2.24, 2.45) is 5.92 Å². The van der Waals surface area contributed by atoms with Gasteiger partial charge < -0.3 is 10.2 Å². The van der Waals surface area contributed by atoms with Gasteiger partial charge in [0.1, 0.15) is 9.09 Å². The molecule has 0 spiro atoms. The fraction of sp³-hybridized carbons (Fsp3) is 0.583. The van der Waals surface area contributed by atoms with Crippen LogP contribution >= 0.6 is 11.3 Å². The topological polar surface area (TPSA) is 94.9 Å². The van der Waals surface area contributed by atoms with Gasteiger partial charge in [0.05, 0.1) is 0 Å². The molecule has 1 fully saturated rings. The maximum absolute atomic E-state index is 12.5. The largest absolute Gasteiger partial charge is 0.477 e. The Morgan fingerprint density at radius 3 is 2.80 bits per heavy atom. The van der Waals surface area contributed by atoms with E-state index in [4.69, 9.17) is 10.2 Å². The quantitative estimate of drug-likeness (QED) is 0.868. The molecule has 1 atom stereocenters. The molecular formula is C12H17NO5S2. The lowest BCUT2D eigenvalue weighted by Crippen LogP contribution is -2.40. The number of sulfonamides is 1. The normalized spacial score (nSPS) is 21.0. The van der Waals surface area contributed by atoms with Gasteiger partial charge in [0.15, 0.2) is 0 Å². The number of aromatic carboxylic acids is 1. The van der Waals surface area contributed by atoms with Crippen LogP contribution in [0.25, 0.3) is 0 Å². The number of aliphatic hydroxyl groups is 1. The minimum atomic E-state index is -3.66. The summed E-state index contributed by atoms with van der Waals surface area (Å²) in [6.07, 6.45) is 1.52. The summed E-state index contributed by atoms with van der Waals surface area (Å²) in [5, 5.41) is 18.2. The highest BCUT2D eigenvalue weighted by molar-refractivity contribution is 7.91. The van der Waals surface area contributed by atoms with E-state index in [-0.39, 0.29) is 28.2 Å². The summed E-state index contributed by atoms with van der Waals surface area (Å²) in [6.45, 7) is 2.26. The van der Waals surface area contributed by atoms with E-state index in [1.54, 1.807) is 6.92 Å². The van der Waals surface area contributed by atoms with E-state index >= 15 is 0 Å². The van der Waals surface area contributed by atoms with Gasteiger partial charge in [0.25, 0.3) is 10.0 Å². The van der Waals surface area contributed by atoms with E-state index in [9.17, 15) is 13.2 Å². The van der Waals surface area contributed by atoms with E-state index in [0.717, 1.165) is 17.8 Å². The lowest BCUT2D eigenvalue weighted by Gasteiger charge is -2.30. The number of carbonyl (C=O) groups is 1. The Kier molecular flexibility index (Phi) is 4.48. The molecule has 2 heterocycles. The monoisotopic (exact) mass is 319 g/mol. The zero-order valence-electron chi connectivity index (χ0n) is 11.1. The van der Waals surface area contributed by atoms with Gasteiger partial charge in [0.2, 0.25) is 0 Å². The number of aryl methyl sites for hydroxylation is 1. The Morgan fingerprint density at radius 1 is 1.55 bits per heavy atom. The van der Waals surface area contributed by atoms with Crippen LogP contribution in [0.1, 0.15) is 28.1 Å². The Morgan fingerprint density at radius 2 is 2.25 bits per heavy atom. The molecule has 8 heteroatoms. The van der Waals surface area contributed by atoms with Crippen molar-refractivity contribution >= 4 is 27.3 Å². The average molecular weight is 319 g/mol. The minimum absolute atomic E-state index is 0.0319. The van der Waals surface area contributed by atoms with Gasteiger partial charge in [-0.3, -0.25) is 0 Å². The van der Waals surface area contributed by atoms with Crippen LogP contribution in [-0.2, 0) is 10.0 Å². The summed E-state index contributed by atoms with van der Waals surface area (Å²) >= 11 is 0.785. The van der Waals surface area contributed by atoms with Gasteiger partial charge in [-0.25, -0.2) is 13.2 Å². The van der Waals surface area contributed by atoms with Crippen LogP contribution in [0.2, 0.25) is 0 Å². The van der Waals surface area contributed by atoms with Crippen LogP contribution in [0.3, 0.4) is 0 Å². The predicted molar refractivity (Wildman–Crippen MR) is 74.6 cm³/mol. The van der Waals surface area contributed by atoms with Crippen molar-refractivity contribution in [1.29, 1.82) is 0 Å². The molecule has 0 bridgehead atoms. The molecule has 112 valence electrons. The third kappa shape index (κ3) is 2.88. The molecule has 2 N–H and O–H groups in total.